The molecular formula is C31H31Cl2N3O4S. The standard InChI is InChI=1S/C31H31Cl2N3O4S/c32-21-3-8-25(9-4-21)40-31(38)36-12-11-26-27-17-22(33)5-10-28(27)34-29(26)30(36)20-1-6-24(7-2-20)39-19-23(37)18-35-13-15-41-16-14-35/h1-10,17,23,30,34,37H,11-16,18-19H2. The maximum atomic E-state index is 13.5. The average Bonchev–Trinajstić information content (AvgIpc) is 3.35. The van der Waals surface area contributed by atoms with Gasteiger partial charge in [-0.05, 0) is 72.1 Å². The van der Waals surface area contributed by atoms with Gasteiger partial charge in [0, 0.05) is 64.3 Å². The van der Waals surface area contributed by atoms with Gasteiger partial charge in [0.15, 0.2) is 0 Å². The van der Waals surface area contributed by atoms with Gasteiger partial charge in [0.25, 0.3) is 0 Å². The number of aliphatic hydroxyl groups is 1. The third kappa shape index (κ3) is 6.47. The van der Waals surface area contributed by atoms with E-state index < -0.39 is 18.2 Å². The Bertz CT molecular complexity index is 1510. The summed E-state index contributed by atoms with van der Waals surface area (Å²) in [5.41, 5.74) is 3.96. The first-order chi connectivity index (χ1) is 19.9. The number of aromatic nitrogens is 1. The molecule has 0 bridgehead atoms. The van der Waals surface area contributed by atoms with Gasteiger partial charge < -0.3 is 19.6 Å². The molecule has 1 fully saturated rings. The van der Waals surface area contributed by atoms with E-state index in [4.69, 9.17) is 32.7 Å². The first kappa shape index (κ1) is 28.2. The van der Waals surface area contributed by atoms with Gasteiger partial charge in [-0.1, -0.05) is 35.3 Å². The van der Waals surface area contributed by atoms with Crippen LogP contribution in [0.2, 0.25) is 10.0 Å². The number of ether oxygens (including phenoxy) is 2. The number of β-amino-alcohol motifs (C(OH)–C–C–N with tert-alkyl or cyclic N) is 1. The summed E-state index contributed by atoms with van der Waals surface area (Å²) in [5.74, 6) is 3.30. The highest BCUT2D eigenvalue weighted by molar-refractivity contribution is 7.99. The van der Waals surface area contributed by atoms with Gasteiger partial charge in [-0.15, -0.1) is 0 Å². The number of hydrogen-bond acceptors (Lipinski definition) is 6. The van der Waals surface area contributed by atoms with Crippen molar-refractivity contribution >= 4 is 52.0 Å². The Kier molecular flexibility index (Phi) is 8.65. The van der Waals surface area contributed by atoms with E-state index in [1.54, 1.807) is 29.2 Å². The fourth-order valence-electron chi connectivity index (χ4n) is 5.54. The van der Waals surface area contributed by atoms with Crippen molar-refractivity contribution in [1.29, 1.82) is 0 Å². The predicted molar refractivity (Wildman–Crippen MR) is 165 cm³/mol. The number of amides is 1. The largest absolute Gasteiger partial charge is 0.491 e. The molecule has 0 saturated carbocycles. The van der Waals surface area contributed by atoms with Crippen molar-refractivity contribution in [2.45, 2.75) is 18.6 Å². The third-order valence-corrected chi connectivity index (χ3v) is 8.98. The second-order valence-corrected chi connectivity index (χ2v) is 12.4. The van der Waals surface area contributed by atoms with E-state index >= 15 is 0 Å². The van der Waals surface area contributed by atoms with Gasteiger partial charge in [0.05, 0.1) is 0 Å². The molecule has 1 saturated heterocycles. The highest BCUT2D eigenvalue weighted by atomic mass is 35.5. The molecule has 214 valence electrons. The number of benzene rings is 3. The number of nitrogens with one attached hydrogen (secondary N) is 1. The molecule has 6 rings (SSSR count). The summed E-state index contributed by atoms with van der Waals surface area (Å²) in [6.45, 7) is 3.30. The van der Waals surface area contributed by atoms with Gasteiger partial charge in [-0.25, -0.2) is 4.79 Å². The molecule has 0 spiro atoms. The number of carbonyl (C=O) groups is 1. The zero-order valence-corrected chi connectivity index (χ0v) is 24.7. The van der Waals surface area contributed by atoms with Gasteiger partial charge in [-0.3, -0.25) is 9.80 Å². The summed E-state index contributed by atoms with van der Waals surface area (Å²) in [6, 6.07) is 19.8. The van der Waals surface area contributed by atoms with Crippen molar-refractivity contribution in [2.75, 3.05) is 44.3 Å². The first-order valence-corrected chi connectivity index (χ1v) is 15.6. The van der Waals surface area contributed by atoms with Crippen molar-refractivity contribution in [3.05, 3.63) is 93.6 Å². The lowest BCUT2D eigenvalue weighted by Gasteiger charge is -2.35. The van der Waals surface area contributed by atoms with E-state index in [0.29, 0.717) is 41.1 Å². The molecule has 3 aromatic carbocycles. The molecule has 10 heteroatoms. The number of rotatable bonds is 7. The van der Waals surface area contributed by atoms with Crippen LogP contribution in [0.15, 0.2) is 66.7 Å². The van der Waals surface area contributed by atoms with E-state index in [9.17, 15) is 9.90 Å². The lowest BCUT2D eigenvalue weighted by Crippen LogP contribution is -2.42. The van der Waals surface area contributed by atoms with Gasteiger partial charge in [0.2, 0.25) is 0 Å². The number of carbonyl (C=O) groups excluding carboxylic acids is 1. The molecule has 0 radical (unpaired) electrons. The second kappa shape index (κ2) is 12.5. The van der Waals surface area contributed by atoms with Crippen LogP contribution < -0.4 is 9.47 Å². The van der Waals surface area contributed by atoms with Crippen LogP contribution in [0.1, 0.15) is 22.9 Å². The summed E-state index contributed by atoms with van der Waals surface area (Å²) < 4.78 is 11.7. The minimum Gasteiger partial charge on any atom is -0.491 e. The fourth-order valence-corrected chi connectivity index (χ4v) is 6.82. The smallest absolute Gasteiger partial charge is 0.416 e. The monoisotopic (exact) mass is 611 g/mol. The van der Waals surface area contributed by atoms with Gasteiger partial charge >= 0.3 is 6.09 Å². The maximum Gasteiger partial charge on any atom is 0.416 e. The minimum atomic E-state index is -0.560. The molecule has 2 unspecified atom stereocenters. The molecule has 1 amide bonds. The number of halogens is 2. The second-order valence-electron chi connectivity index (χ2n) is 10.3. The Morgan fingerprint density at radius 3 is 2.44 bits per heavy atom. The van der Waals surface area contributed by atoms with Crippen molar-refractivity contribution in [1.82, 2.24) is 14.8 Å². The number of aromatic amines is 1. The van der Waals surface area contributed by atoms with Crippen LogP contribution in [0.3, 0.4) is 0 Å². The normalized spacial score (nSPS) is 18.2. The van der Waals surface area contributed by atoms with E-state index in [0.717, 1.165) is 52.3 Å². The molecule has 41 heavy (non-hydrogen) atoms. The molecule has 7 nitrogen and oxygen atoms in total. The van der Waals surface area contributed by atoms with Crippen molar-refractivity contribution < 1.29 is 19.4 Å². The number of hydrogen-bond donors (Lipinski definition) is 2. The van der Waals surface area contributed by atoms with E-state index in [1.165, 1.54) is 0 Å². The van der Waals surface area contributed by atoms with Gasteiger partial charge in [0.1, 0.15) is 30.3 Å². The Labute approximate surface area is 253 Å². The zero-order valence-electron chi connectivity index (χ0n) is 22.4. The fraction of sp³-hybridized carbons (Fsp3) is 0.323. The topological polar surface area (TPSA) is 78.0 Å². The summed E-state index contributed by atoms with van der Waals surface area (Å²) in [5, 5.41) is 12.8. The Balaban J connectivity index is 1.23. The number of nitrogens with zero attached hydrogens (tertiary/aromatic N) is 2. The van der Waals surface area contributed by atoms with E-state index in [1.807, 2.05) is 54.2 Å². The lowest BCUT2D eigenvalue weighted by molar-refractivity contribution is 0.0715. The highest BCUT2D eigenvalue weighted by Gasteiger charge is 2.36. The molecule has 0 aliphatic carbocycles. The predicted octanol–water partition coefficient (Wildman–Crippen LogP) is 6.41. The molecule has 4 aromatic rings. The maximum absolute atomic E-state index is 13.5. The van der Waals surface area contributed by atoms with Crippen LogP contribution in [0, 0.1) is 0 Å². The molecule has 2 N–H and O–H groups in total. The molecule has 2 atom stereocenters. The van der Waals surface area contributed by atoms with Crippen LogP contribution >= 0.6 is 35.0 Å². The highest BCUT2D eigenvalue weighted by Crippen LogP contribution is 2.40. The van der Waals surface area contributed by atoms with Crippen LogP contribution in [-0.4, -0.2) is 76.4 Å². The Hall–Kier alpha value is -2.88. The van der Waals surface area contributed by atoms with E-state index in [-0.39, 0.29) is 6.61 Å². The molecule has 1 aromatic heterocycles. The molecular weight excluding hydrogens is 581 g/mol. The quantitative estimate of drug-likeness (QED) is 0.251. The third-order valence-electron chi connectivity index (χ3n) is 7.55. The lowest BCUT2D eigenvalue weighted by atomic mass is 9.92. The number of thioether (sulfide) groups is 1. The van der Waals surface area contributed by atoms with Crippen molar-refractivity contribution in [3.63, 3.8) is 0 Å². The average molecular weight is 613 g/mol. The van der Waals surface area contributed by atoms with Gasteiger partial charge in [-0.2, -0.15) is 11.8 Å². The Morgan fingerprint density at radius 2 is 1.68 bits per heavy atom. The van der Waals surface area contributed by atoms with Crippen LogP contribution in [-0.2, 0) is 6.42 Å². The molecule has 3 heterocycles. The zero-order chi connectivity index (χ0) is 28.3. The van der Waals surface area contributed by atoms with Crippen LogP contribution in [0.5, 0.6) is 11.5 Å². The Morgan fingerprint density at radius 1 is 0.976 bits per heavy atom. The van der Waals surface area contributed by atoms with Crippen molar-refractivity contribution in [3.8, 4) is 11.5 Å². The van der Waals surface area contributed by atoms with Crippen LogP contribution in [0.4, 0.5) is 4.79 Å². The minimum absolute atomic E-state index is 0.221. The first-order valence-electron chi connectivity index (χ1n) is 13.7. The summed E-state index contributed by atoms with van der Waals surface area (Å²) >= 11 is 14.3. The summed E-state index contributed by atoms with van der Waals surface area (Å²) in [7, 11) is 0. The SMILES string of the molecule is O=C(Oc1ccc(Cl)cc1)N1CCc2c([nH]c3ccc(Cl)cc23)C1c1ccc(OCC(O)CN2CCSCC2)cc1. The van der Waals surface area contributed by atoms with Crippen molar-refractivity contribution in [2.24, 2.45) is 0 Å². The van der Waals surface area contributed by atoms with Crippen LogP contribution in [0.25, 0.3) is 10.9 Å². The number of H-pyrrole nitrogens is 1. The molecule has 2 aliphatic rings. The summed E-state index contributed by atoms with van der Waals surface area (Å²) in [6.07, 6.45) is -0.342. The number of aliphatic hydroxyl groups excluding tert-OH is 1. The van der Waals surface area contributed by atoms with E-state index in [2.05, 4.69) is 9.88 Å². The molecule has 2 aliphatic heterocycles. The number of fused-ring (bicyclic) bond motifs is 3. The summed E-state index contributed by atoms with van der Waals surface area (Å²) in [4.78, 5) is 21.1.